The van der Waals surface area contributed by atoms with E-state index in [1.165, 1.54) is 11.1 Å². The number of hydrazine groups is 1. The highest BCUT2D eigenvalue weighted by Crippen LogP contribution is 2.22. The Hall–Kier alpha value is -0.900. The van der Waals surface area contributed by atoms with Gasteiger partial charge in [-0.3, -0.25) is 11.3 Å². The monoisotopic (exact) mass is 250 g/mol. The van der Waals surface area contributed by atoms with Crippen LogP contribution in [0.3, 0.4) is 0 Å². The topological polar surface area (TPSA) is 47.3 Å². The highest BCUT2D eigenvalue weighted by Gasteiger charge is 2.13. The van der Waals surface area contributed by atoms with Gasteiger partial charge in [-0.15, -0.1) is 0 Å². The average molecular weight is 250 g/mol. The second-order valence-corrected chi connectivity index (χ2v) is 5.67. The normalized spacial score (nSPS) is 13.6. The minimum Gasteiger partial charge on any atom is -0.380 e. The van der Waals surface area contributed by atoms with Gasteiger partial charge in [0, 0.05) is 12.6 Å². The summed E-state index contributed by atoms with van der Waals surface area (Å²) in [5.74, 6) is 5.53. The SMILES string of the molecule is CCOCC(Cc1ccc(C(C)(C)C)cc1)NN. The zero-order valence-electron chi connectivity index (χ0n) is 12.0. The Morgan fingerprint density at radius 2 is 1.83 bits per heavy atom. The Kier molecular flexibility index (Phi) is 5.79. The van der Waals surface area contributed by atoms with Crippen molar-refractivity contribution in [2.24, 2.45) is 5.84 Å². The molecule has 0 aliphatic heterocycles. The standard InChI is InChI=1S/C15H26N2O/c1-5-18-11-14(17-16)10-12-6-8-13(9-7-12)15(2,3)4/h6-9,14,17H,5,10-11,16H2,1-4H3. The lowest BCUT2D eigenvalue weighted by molar-refractivity contribution is 0.123. The second kappa shape index (κ2) is 6.88. The van der Waals surface area contributed by atoms with Crippen molar-refractivity contribution >= 4 is 0 Å². The molecule has 3 nitrogen and oxygen atoms in total. The van der Waals surface area contributed by atoms with Gasteiger partial charge in [0.2, 0.25) is 0 Å². The van der Waals surface area contributed by atoms with Gasteiger partial charge in [0.15, 0.2) is 0 Å². The summed E-state index contributed by atoms with van der Waals surface area (Å²) in [6.45, 7) is 10.0. The van der Waals surface area contributed by atoms with E-state index in [4.69, 9.17) is 10.6 Å². The molecular weight excluding hydrogens is 224 g/mol. The van der Waals surface area contributed by atoms with Crippen molar-refractivity contribution in [3.05, 3.63) is 35.4 Å². The summed E-state index contributed by atoms with van der Waals surface area (Å²) in [4.78, 5) is 0. The first-order chi connectivity index (χ1) is 8.47. The molecule has 0 radical (unpaired) electrons. The van der Waals surface area contributed by atoms with E-state index in [9.17, 15) is 0 Å². The molecule has 0 aromatic heterocycles. The summed E-state index contributed by atoms with van der Waals surface area (Å²) >= 11 is 0. The van der Waals surface area contributed by atoms with E-state index >= 15 is 0 Å². The Bertz CT molecular complexity index is 341. The molecule has 1 aromatic rings. The number of hydrogen-bond acceptors (Lipinski definition) is 3. The smallest absolute Gasteiger partial charge is 0.0636 e. The number of nitrogens with one attached hydrogen (secondary N) is 1. The predicted molar refractivity (Wildman–Crippen MR) is 76.5 cm³/mol. The Morgan fingerprint density at radius 3 is 2.28 bits per heavy atom. The van der Waals surface area contributed by atoms with Gasteiger partial charge < -0.3 is 4.74 Å². The van der Waals surface area contributed by atoms with Gasteiger partial charge >= 0.3 is 0 Å². The summed E-state index contributed by atoms with van der Waals surface area (Å²) in [5, 5.41) is 0. The first-order valence-corrected chi connectivity index (χ1v) is 6.60. The fourth-order valence-corrected chi connectivity index (χ4v) is 1.85. The largest absolute Gasteiger partial charge is 0.380 e. The summed E-state index contributed by atoms with van der Waals surface area (Å²) in [6.07, 6.45) is 0.890. The zero-order chi connectivity index (χ0) is 13.6. The minimum atomic E-state index is 0.172. The Balaban J connectivity index is 2.62. The Labute approximate surface area is 111 Å². The van der Waals surface area contributed by atoms with Crippen LogP contribution in [-0.2, 0) is 16.6 Å². The van der Waals surface area contributed by atoms with Crippen molar-refractivity contribution in [1.82, 2.24) is 5.43 Å². The van der Waals surface area contributed by atoms with Crippen molar-refractivity contribution in [2.45, 2.75) is 45.6 Å². The molecule has 18 heavy (non-hydrogen) atoms. The molecule has 0 fully saturated rings. The fourth-order valence-electron chi connectivity index (χ4n) is 1.85. The van der Waals surface area contributed by atoms with Gasteiger partial charge in [-0.25, -0.2) is 0 Å². The maximum absolute atomic E-state index is 5.53. The van der Waals surface area contributed by atoms with Gasteiger partial charge in [0.05, 0.1) is 6.61 Å². The molecule has 0 heterocycles. The van der Waals surface area contributed by atoms with E-state index in [1.807, 2.05) is 6.92 Å². The van der Waals surface area contributed by atoms with Crippen LogP contribution in [-0.4, -0.2) is 19.3 Å². The first kappa shape index (κ1) is 15.2. The van der Waals surface area contributed by atoms with E-state index in [0.717, 1.165) is 13.0 Å². The number of benzene rings is 1. The highest BCUT2D eigenvalue weighted by molar-refractivity contribution is 5.27. The number of rotatable bonds is 6. The lowest BCUT2D eigenvalue weighted by Crippen LogP contribution is -2.40. The number of ether oxygens (including phenoxy) is 1. The van der Waals surface area contributed by atoms with Crippen LogP contribution in [0.4, 0.5) is 0 Å². The van der Waals surface area contributed by atoms with Crippen LogP contribution in [0.1, 0.15) is 38.8 Å². The molecule has 3 heteroatoms. The molecule has 0 amide bonds. The molecule has 1 unspecified atom stereocenters. The van der Waals surface area contributed by atoms with Crippen LogP contribution in [0.25, 0.3) is 0 Å². The fraction of sp³-hybridized carbons (Fsp3) is 0.600. The summed E-state index contributed by atoms with van der Waals surface area (Å²) in [7, 11) is 0. The zero-order valence-corrected chi connectivity index (χ0v) is 12.0. The van der Waals surface area contributed by atoms with Gasteiger partial charge in [0.1, 0.15) is 0 Å². The Morgan fingerprint density at radius 1 is 1.22 bits per heavy atom. The lowest BCUT2D eigenvalue weighted by atomic mass is 9.86. The van der Waals surface area contributed by atoms with E-state index in [0.29, 0.717) is 6.61 Å². The molecular formula is C15H26N2O. The van der Waals surface area contributed by atoms with Crippen molar-refractivity contribution in [3.8, 4) is 0 Å². The average Bonchev–Trinajstić information content (AvgIpc) is 2.34. The lowest BCUT2D eigenvalue weighted by Gasteiger charge is -2.20. The van der Waals surface area contributed by atoms with Crippen molar-refractivity contribution < 1.29 is 4.74 Å². The molecule has 0 aliphatic rings. The van der Waals surface area contributed by atoms with Crippen LogP contribution >= 0.6 is 0 Å². The summed E-state index contributed by atoms with van der Waals surface area (Å²) in [5.41, 5.74) is 5.65. The maximum Gasteiger partial charge on any atom is 0.0636 e. The van der Waals surface area contributed by atoms with E-state index in [1.54, 1.807) is 0 Å². The first-order valence-electron chi connectivity index (χ1n) is 6.60. The van der Waals surface area contributed by atoms with Crippen molar-refractivity contribution in [1.29, 1.82) is 0 Å². The van der Waals surface area contributed by atoms with Gasteiger partial charge in [-0.2, -0.15) is 0 Å². The third kappa shape index (κ3) is 4.77. The van der Waals surface area contributed by atoms with Crippen LogP contribution in [0.2, 0.25) is 0 Å². The van der Waals surface area contributed by atoms with Crippen LogP contribution < -0.4 is 11.3 Å². The van der Waals surface area contributed by atoms with Crippen LogP contribution in [0.15, 0.2) is 24.3 Å². The molecule has 0 saturated heterocycles. The molecule has 0 saturated carbocycles. The highest BCUT2D eigenvalue weighted by atomic mass is 16.5. The molecule has 1 rings (SSSR count). The maximum atomic E-state index is 5.53. The molecule has 0 bridgehead atoms. The summed E-state index contributed by atoms with van der Waals surface area (Å²) < 4.78 is 5.39. The van der Waals surface area contributed by atoms with Crippen LogP contribution in [0, 0.1) is 0 Å². The van der Waals surface area contributed by atoms with E-state index in [2.05, 4.69) is 50.5 Å². The van der Waals surface area contributed by atoms with Crippen molar-refractivity contribution in [2.75, 3.05) is 13.2 Å². The molecule has 1 aromatic carbocycles. The van der Waals surface area contributed by atoms with Gasteiger partial charge in [-0.05, 0) is 29.9 Å². The minimum absolute atomic E-state index is 0.172. The summed E-state index contributed by atoms with van der Waals surface area (Å²) in [6, 6.07) is 8.92. The molecule has 3 N–H and O–H groups in total. The molecule has 0 aliphatic carbocycles. The van der Waals surface area contributed by atoms with Crippen LogP contribution in [0.5, 0.6) is 0 Å². The van der Waals surface area contributed by atoms with E-state index < -0.39 is 0 Å². The number of hydrogen-bond donors (Lipinski definition) is 2. The van der Waals surface area contributed by atoms with E-state index in [-0.39, 0.29) is 11.5 Å². The third-order valence-corrected chi connectivity index (χ3v) is 3.06. The molecule has 1 atom stereocenters. The molecule has 102 valence electrons. The third-order valence-electron chi connectivity index (χ3n) is 3.06. The van der Waals surface area contributed by atoms with Gasteiger partial charge in [0.25, 0.3) is 0 Å². The second-order valence-electron chi connectivity index (χ2n) is 5.67. The van der Waals surface area contributed by atoms with Crippen molar-refractivity contribution in [3.63, 3.8) is 0 Å². The quantitative estimate of drug-likeness (QED) is 0.602. The predicted octanol–water partition coefficient (Wildman–Crippen LogP) is 2.40. The van der Waals surface area contributed by atoms with Gasteiger partial charge in [-0.1, -0.05) is 45.0 Å². The molecule has 0 spiro atoms. The number of nitrogens with two attached hydrogens (primary N) is 1.